The van der Waals surface area contributed by atoms with Crippen LogP contribution in [0.25, 0.3) is 0 Å². The van der Waals surface area contributed by atoms with Crippen molar-refractivity contribution in [2.45, 2.75) is 12.5 Å². The summed E-state index contributed by atoms with van der Waals surface area (Å²) in [6.07, 6.45) is 0.236. The fourth-order valence-electron chi connectivity index (χ4n) is 1.35. The van der Waals surface area contributed by atoms with Gasteiger partial charge in [-0.15, -0.1) is 0 Å². The van der Waals surface area contributed by atoms with Gasteiger partial charge in [-0.05, 0) is 37.7 Å². The monoisotopic (exact) mass is 262 g/mol. The van der Waals surface area contributed by atoms with Gasteiger partial charge in [0.05, 0.1) is 6.10 Å². The second-order valence-electron chi connectivity index (χ2n) is 3.53. The first-order valence-corrected chi connectivity index (χ1v) is 5.94. The molecule has 1 aromatic rings. The summed E-state index contributed by atoms with van der Waals surface area (Å²) >= 11 is 11.8. The molecule has 90 valence electrons. The van der Waals surface area contributed by atoms with Gasteiger partial charge in [-0.1, -0.05) is 23.2 Å². The van der Waals surface area contributed by atoms with E-state index in [1.165, 1.54) is 0 Å². The predicted molar refractivity (Wildman–Crippen MR) is 68.0 cm³/mol. The summed E-state index contributed by atoms with van der Waals surface area (Å²) in [6, 6.07) is 5.06. The zero-order chi connectivity index (χ0) is 12.0. The fourth-order valence-corrected chi connectivity index (χ4v) is 1.77. The number of halogens is 2. The van der Waals surface area contributed by atoms with Gasteiger partial charge < -0.3 is 16.2 Å². The highest BCUT2D eigenvalue weighted by Crippen LogP contribution is 2.25. The smallest absolute Gasteiger partial charge is 0.0929 e. The lowest BCUT2D eigenvalue weighted by Gasteiger charge is -2.13. The minimum absolute atomic E-state index is 0.445. The molecule has 0 aliphatic rings. The van der Waals surface area contributed by atoms with Crippen LogP contribution in [-0.2, 0) is 0 Å². The summed E-state index contributed by atoms with van der Waals surface area (Å²) in [5.74, 6) is 0. The molecule has 0 bridgehead atoms. The molecule has 0 fully saturated rings. The van der Waals surface area contributed by atoms with Crippen LogP contribution in [0.3, 0.4) is 0 Å². The number of nitrogens with one attached hydrogen (secondary N) is 1. The Hall–Kier alpha value is -0.320. The molecule has 0 spiro atoms. The number of aliphatic hydroxyl groups excluding tert-OH is 1. The standard InChI is InChI=1S/C11H16Cl2N2O/c12-8-2-3-10(13)9(6-8)11(16)7-15-5-1-4-14/h2-3,6,11,15-16H,1,4-5,7,14H2. The molecular formula is C11H16Cl2N2O. The van der Waals surface area contributed by atoms with E-state index in [1.807, 2.05) is 0 Å². The first-order chi connectivity index (χ1) is 7.65. The second kappa shape index (κ2) is 7.09. The quantitative estimate of drug-likeness (QED) is 0.688. The number of aliphatic hydroxyl groups is 1. The van der Waals surface area contributed by atoms with Gasteiger partial charge in [-0.25, -0.2) is 0 Å². The first kappa shape index (κ1) is 13.7. The molecule has 1 aromatic carbocycles. The Bertz CT molecular complexity index is 334. The van der Waals surface area contributed by atoms with Gasteiger partial charge >= 0.3 is 0 Å². The van der Waals surface area contributed by atoms with Crippen LogP contribution < -0.4 is 11.1 Å². The molecular weight excluding hydrogens is 247 g/mol. The van der Waals surface area contributed by atoms with Gasteiger partial charge in [-0.2, -0.15) is 0 Å². The van der Waals surface area contributed by atoms with Crippen LogP contribution in [0.4, 0.5) is 0 Å². The third kappa shape index (κ3) is 4.28. The second-order valence-corrected chi connectivity index (χ2v) is 4.37. The lowest BCUT2D eigenvalue weighted by molar-refractivity contribution is 0.175. The van der Waals surface area contributed by atoms with E-state index in [0.717, 1.165) is 13.0 Å². The Kier molecular flexibility index (Phi) is 6.09. The lowest BCUT2D eigenvalue weighted by Crippen LogP contribution is -2.24. The summed E-state index contributed by atoms with van der Waals surface area (Å²) in [6.45, 7) is 1.87. The van der Waals surface area contributed by atoms with Crippen molar-refractivity contribution in [3.63, 3.8) is 0 Å². The van der Waals surface area contributed by atoms with E-state index in [0.29, 0.717) is 28.7 Å². The van der Waals surface area contributed by atoms with E-state index in [2.05, 4.69) is 5.32 Å². The van der Waals surface area contributed by atoms with Gasteiger partial charge in [0.1, 0.15) is 0 Å². The van der Waals surface area contributed by atoms with Gasteiger partial charge in [0.15, 0.2) is 0 Å². The molecule has 3 nitrogen and oxygen atoms in total. The maximum Gasteiger partial charge on any atom is 0.0929 e. The molecule has 0 saturated heterocycles. The maximum atomic E-state index is 9.89. The van der Waals surface area contributed by atoms with Gasteiger partial charge in [0, 0.05) is 22.2 Å². The van der Waals surface area contributed by atoms with Crippen molar-refractivity contribution in [2.24, 2.45) is 5.73 Å². The van der Waals surface area contributed by atoms with Crippen LogP contribution in [0.15, 0.2) is 18.2 Å². The average Bonchev–Trinajstić information content (AvgIpc) is 2.27. The van der Waals surface area contributed by atoms with Crippen LogP contribution in [0.1, 0.15) is 18.1 Å². The van der Waals surface area contributed by atoms with E-state index >= 15 is 0 Å². The summed E-state index contributed by atoms with van der Waals surface area (Å²) in [7, 11) is 0. The molecule has 0 saturated carbocycles. The van der Waals surface area contributed by atoms with Crippen molar-refractivity contribution >= 4 is 23.2 Å². The molecule has 0 amide bonds. The largest absolute Gasteiger partial charge is 0.387 e. The van der Waals surface area contributed by atoms with E-state index < -0.39 is 6.10 Å². The molecule has 0 aliphatic heterocycles. The number of benzene rings is 1. The Balaban J connectivity index is 2.51. The molecule has 0 aromatic heterocycles. The summed E-state index contributed by atoms with van der Waals surface area (Å²) < 4.78 is 0. The van der Waals surface area contributed by atoms with E-state index in [4.69, 9.17) is 28.9 Å². The predicted octanol–water partition coefficient (Wildman–Crippen LogP) is 1.97. The van der Waals surface area contributed by atoms with Crippen LogP contribution in [-0.4, -0.2) is 24.7 Å². The van der Waals surface area contributed by atoms with Gasteiger partial charge in [-0.3, -0.25) is 0 Å². The highest BCUT2D eigenvalue weighted by Gasteiger charge is 2.11. The van der Waals surface area contributed by atoms with Crippen molar-refractivity contribution < 1.29 is 5.11 Å². The van der Waals surface area contributed by atoms with Gasteiger partial charge in [0.25, 0.3) is 0 Å². The molecule has 16 heavy (non-hydrogen) atoms. The number of hydrogen-bond acceptors (Lipinski definition) is 3. The Morgan fingerprint density at radius 3 is 2.81 bits per heavy atom. The summed E-state index contributed by atoms with van der Waals surface area (Å²) in [4.78, 5) is 0. The first-order valence-electron chi connectivity index (χ1n) is 5.19. The minimum Gasteiger partial charge on any atom is -0.387 e. The average molecular weight is 263 g/mol. The van der Waals surface area contributed by atoms with Crippen molar-refractivity contribution in [3.8, 4) is 0 Å². The molecule has 1 rings (SSSR count). The van der Waals surface area contributed by atoms with E-state index in [-0.39, 0.29) is 0 Å². The highest BCUT2D eigenvalue weighted by atomic mass is 35.5. The van der Waals surface area contributed by atoms with Crippen molar-refractivity contribution in [2.75, 3.05) is 19.6 Å². The topological polar surface area (TPSA) is 58.3 Å². The molecule has 0 heterocycles. The van der Waals surface area contributed by atoms with E-state index in [9.17, 15) is 5.11 Å². The zero-order valence-electron chi connectivity index (χ0n) is 8.92. The molecule has 5 heteroatoms. The molecule has 4 N–H and O–H groups in total. The van der Waals surface area contributed by atoms with Crippen molar-refractivity contribution in [1.29, 1.82) is 0 Å². The number of nitrogens with two attached hydrogens (primary N) is 1. The molecule has 1 unspecified atom stereocenters. The van der Waals surface area contributed by atoms with Crippen molar-refractivity contribution in [1.82, 2.24) is 5.32 Å². The lowest BCUT2D eigenvalue weighted by atomic mass is 10.1. The fraction of sp³-hybridized carbons (Fsp3) is 0.455. The SMILES string of the molecule is NCCCNCC(O)c1cc(Cl)ccc1Cl. The van der Waals surface area contributed by atoms with Crippen LogP contribution in [0, 0.1) is 0 Å². The van der Waals surface area contributed by atoms with Crippen molar-refractivity contribution in [3.05, 3.63) is 33.8 Å². The summed E-state index contributed by atoms with van der Waals surface area (Å²) in [5.41, 5.74) is 6.01. The Morgan fingerprint density at radius 1 is 1.38 bits per heavy atom. The molecule has 0 radical (unpaired) electrons. The molecule has 1 atom stereocenters. The third-order valence-corrected chi connectivity index (χ3v) is 2.79. The Morgan fingerprint density at radius 2 is 2.12 bits per heavy atom. The number of hydrogen-bond donors (Lipinski definition) is 3. The third-order valence-electron chi connectivity index (χ3n) is 2.21. The maximum absolute atomic E-state index is 9.89. The van der Waals surface area contributed by atoms with Crippen LogP contribution in [0.5, 0.6) is 0 Å². The Labute approximate surface area is 106 Å². The normalized spacial score (nSPS) is 12.8. The number of rotatable bonds is 6. The van der Waals surface area contributed by atoms with Gasteiger partial charge in [0.2, 0.25) is 0 Å². The van der Waals surface area contributed by atoms with E-state index in [1.54, 1.807) is 18.2 Å². The highest BCUT2D eigenvalue weighted by molar-refractivity contribution is 6.33. The van der Waals surface area contributed by atoms with Crippen LogP contribution in [0.2, 0.25) is 10.0 Å². The zero-order valence-corrected chi connectivity index (χ0v) is 10.4. The van der Waals surface area contributed by atoms with Crippen LogP contribution >= 0.6 is 23.2 Å². The molecule has 0 aliphatic carbocycles. The minimum atomic E-state index is -0.649. The summed E-state index contributed by atoms with van der Waals surface area (Å²) in [5, 5.41) is 14.1.